The monoisotopic (exact) mass is 194 g/mol. The van der Waals surface area contributed by atoms with Gasteiger partial charge in [-0.2, -0.15) is 0 Å². The molecular formula is C12H20NO+. The van der Waals surface area contributed by atoms with Crippen LogP contribution in [0.5, 0.6) is 0 Å². The first kappa shape index (κ1) is 11.2. The van der Waals surface area contributed by atoms with E-state index in [1.165, 1.54) is 18.4 Å². The second-order valence-electron chi connectivity index (χ2n) is 3.75. The summed E-state index contributed by atoms with van der Waals surface area (Å²) in [4.78, 5) is 0. The van der Waals surface area contributed by atoms with Gasteiger partial charge in [0.25, 0.3) is 0 Å². The van der Waals surface area contributed by atoms with Crippen LogP contribution in [-0.2, 0) is 6.54 Å². The number of hydrogen-bond acceptors (Lipinski definition) is 1. The van der Waals surface area contributed by atoms with Crippen LogP contribution in [0.15, 0.2) is 24.5 Å². The van der Waals surface area contributed by atoms with E-state index in [-0.39, 0.29) is 0 Å². The van der Waals surface area contributed by atoms with Crippen molar-refractivity contribution in [1.29, 1.82) is 0 Å². The maximum Gasteiger partial charge on any atom is 0.169 e. The Bertz CT molecular complexity index is 243. The quantitative estimate of drug-likeness (QED) is 0.542. The zero-order valence-corrected chi connectivity index (χ0v) is 8.95. The number of hydrogen-bond donors (Lipinski definition) is 1. The summed E-state index contributed by atoms with van der Waals surface area (Å²) in [6, 6.07) is 4.27. The summed E-state index contributed by atoms with van der Waals surface area (Å²) in [7, 11) is 0. The zero-order valence-electron chi connectivity index (χ0n) is 8.95. The van der Waals surface area contributed by atoms with Gasteiger partial charge in [0.15, 0.2) is 12.4 Å². The van der Waals surface area contributed by atoms with Crippen LogP contribution in [0.25, 0.3) is 0 Å². The maximum atomic E-state index is 8.61. The number of aliphatic hydroxyl groups is 1. The van der Waals surface area contributed by atoms with Gasteiger partial charge in [-0.15, -0.1) is 0 Å². The van der Waals surface area contributed by atoms with E-state index >= 15 is 0 Å². The van der Waals surface area contributed by atoms with Gasteiger partial charge >= 0.3 is 0 Å². The van der Waals surface area contributed by atoms with E-state index in [0.29, 0.717) is 6.61 Å². The van der Waals surface area contributed by atoms with Crippen LogP contribution >= 0.6 is 0 Å². The van der Waals surface area contributed by atoms with Crippen LogP contribution in [0.1, 0.15) is 31.2 Å². The lowest BCUT2D eigenvalue weighted by molar-refractivity contribution is -0.697. The van der Waals surface area contributed by atoms with Crippen LogP contribution in [-0.4, -0.2) is 11.7 Å². The predicted molar refractivity (Wildman–Crippen MR) is 56.9 cm³/mol. The van der Waals surface area contributed by atoms with E-state index in [0.717, 1.165) is 19.4 Å². The third-order valence-corrected chi connectivity index (χ3v) is 2.38. The van der Waals surface area contributed by atoms with Gasteiger partial charge in [0, 0.05) is 25.2 Å². The van der Waals surface area contributed by atoms with Crippen LogP contribution in [0.4, 0.5) is 0 Å². The smallest absolute Gasteiger partial charge is 0.169 e. The molecule has 1 aromatic heterocycles. The van der Waals surface area contributed by atoms with Crippen molar-refractivity contribution in [1.82, 2.24) is 0 Å². The van der Waals surface area contributed by atoms with Crippen molar-refractivity contribution in [3.05, 3.63) is 30.1 Å². The van der Waals surface area contributed by atoms with Crippen LogP contribution in [0.2, 0.25) is 0 Å². The third kappa shape index (κ3) is 4.38. The number of aryl methyl sites for hydroxylation is 2. The number of unbranched alkanes of at least 4 members (excludes halogenated alkanes) is 3. The number of nitrogens with zero attached hydrogens (tertiary/aromatic N) is 1. The van der Waals surface area contributed by atoms with Gasteiger partial charge in [0.2, 0.25) is 0 Å². The highest BCUT2D eigenvalue weighted by Crippen LogP contribution is 1.99. The summed E-state index contributed by atoms with van der Waals surface area (Å²) in [6.07, 6.45) is 8.75. The van der Waals surface area contributed by atoms with Crippen LogP contribution in [0, 0.1) is 6.92 Å². The Labute approximate surface area is 86.2 Å². The standard InChI is InChI=1S/C12H20NO/c1-12-6-9-13(10-7-12)8-4-2-3-5-11-14/h6-7,9-10,14H,2-5,8,11H2,1H3/q+1. The molecule has 0 aliphatic carbocycles. The van der Waals surface area contributed by atoms with Crippen molar-refractivity contribution >= 4 is 0 Å². The Morgan fingerprint density at radius 2 is 1.71 bits per heavy atom. The molecule has 0 aliphatic heterocycles. The summed E-state index contributed by atoms with van der Waals surface area (Å²) < 4.78 is 2.21. The lowest BCUT2D eigenvalue weighted by atomic mass is 10.2. The Hall–Kier alpha value is -0.890. The molecule has 0 saturated heterocycles. The summed E-state index contributed by atoms with van der Waals surface area (Å²) in [5.74, 6) is 0. The molecule has 0 radical (unpaired) electrons. The van der Waals surface area contributed by atoms with Crippen molar-refractivity contribution in [2.45, 2.75) is 39.2 Å². The molecule has 1 N–H and O–H groups in total. The van der Waals surface area contributed by atoms with Gasteiger partial charge in [-0.1, -0.05) is 6.42 Å². The minimum atomic E-state index is 0.331. The van der Waals surface area contributed by atoms with E-state index in [2.05, 4.69) is 36.0 Å². The number of rotatable bonds is 6. The van der Waals surface area contributed by atoms with E-state index in [1.54, 1.807) is 0 Å². The van der Waals surface area contributed by atoms with Crippen molar-refractivity contribution < 1.29 is 9.67 Å². The minimum absolute atomic E-state index is 0.331. The number of pyridine rings is 1. The maximum absolute atomic E-state index is 8.61. The van der Waals surface area contributed by atoms with Gasteiger partial charge in [-0.05, 0) is 25.3 Å². The second-order valence-corrected chi connectivity index (χ2v) is 3.75. The molecule has 14 heavy (non-hydrogen) atoms. The summed E-state index contributed by atoms with van der Waals surface area (Å²) in [5.41, 5.74) is 1.31. The van der Waals surface area contributed by atoms with Gasteiger partial charge < -0.3 is 5.11 Å². The first-order chi connectivity index (χ1) is 6.83. The molecule has 0 aromatic carbocycles. The molecule has 0 bridgehead atoms. The van der Waals surface area contributed by atoms with Crippen molar-refractivity contribution in [3.8, 4) is 0 Å². The SMILES string of the molecule is Cc1cc[n+](CCCCCCO)cc1. The Morgan fingerprint density at radius 3 is 2.36 bits per heavy atom. The van der Waals surface area contributed by atoms with E-state index in [4.69, 9.17) is 5.11 Å². The molecule has 0 saturated carbocycles. The molecule has 1 aromatic rings. The van der Waals surface area contributed by atoms with E-state index < -0.39 is 0 Å². The van der Waals surface area contributed by atoms with Crippen LogP contribution < -0.4 is 4.57 Å². The Balaban J connectivity index is 2.15. The summed E-state index contributed by atoms with van der Waals surface area (Å²) in [5, 5.41) is 8.61. The molecule has 0 fully saturated rings. The van der Waals surface area contributed by atoms with Crippen molar-refractivity contribution in [2.24, 2.45) is 0 Å². The Morgan fingerprint density at radius 1 is 1.07 bits per heavy atom. The molecule has 1 rings (SSSR count). The van der Waals surface area contributed by atoms with Gasteiger partial charge in [-0.25, -0.2) is 4.57 Å². The van der Waals surface area contributed by atoms with Crippen LogP contribution in [0.3, 0.4) is 0 Å². The number of aromatic nitrogens is 1. The first-order valence-corrected chi connectivity index (χ1v) is 5.39. The average Bonchev–Trinajstić information content (AvgIpc) is 2.21. The largest absolute Gasteiger partial charge is 0.396 e. The Kier molecular flexibility index (Phi) is 5.23. The molecule has 0 atom stereocenters. The highest BCUT2D eigenvalue weighted by atomic mass is 16.2. The zero-order chi connectivity index (χ0) is 10.2. The number of aliphatic hydroxyl groups excluding tert-OH is 1. The molecule has 0 unspecified atom stereocenters. The molecule has 2 heteroatoms. The normalized spacial score (nSPS) is 10.4. The fraction of sp³-hybridized carbons (Fsp3) is 0.583. The summed E-state index contributed by atoms with van der Waals surface area (Å²) in [6.45, 7) is 3.52. The van der Waals surface area contributed by atoms with Crippen molar-refractivity contribution in [2.75, 3.05) is 6.61 Å². The fourth-order valence-electron chi connectivity index (χ4n) is 1.44. The summed E-state index contributed by atoms with van der Waals surface area (Å²) >= 11 is 0. The molecule has 0 amide bonds. The molecule has 0 spiro atoms. The fourth-order valence-corrected chi connectivity index (χ4v) is 1.44. The van der Waals surface area contributed by atoms with E-state index in [1.807, 2.05) is 0 Å². The highest BCUT2D eigenvalue weighted by molar-refractivity contribution is 5.03. The lowest BCUT2D eigenvalue weighted by Gasteiger charge is -1.97. The molecule has 1 heterocycles. The average molecular weight is 194 g/mol. The third-order valence-electron chi connectivity index (χ3n) is 2.38. The van der Waals surface area contributed by atoms with Gasteiger partial charge in [0.05, 0.1) is 0 Å². The first-order valence-electron chi connectivity index (χ1n) is 5.39. The van der Waals surface area contributed by atoms with Gasteiger partial charge in [-0.3, -0.25) is 0 Å². The van der Waals surface area contributed by atoms with Crippen molar-refractivity contribution in [3.63, 3.8) is 0 Å². The second kappa shape index (κ2) is 6.55. The minimum Gasteiger partial charge on any atom is -0.396 e. The topological polar surface area (TPSA) is 24.1 Å². The molecule has 78 valence electrons. The molecular weight excluding hydrogens is 174 g/mol. The molecule has 0 aliphatic rings. The predicted octanol–water partition coefficient (Wildman–Crippen LogP) is 1.84. The van der Waals surface area contributed by atoms with E-state index in [9.17, 15) is 0 Å². The lowest BCUT2D eigenvalue weighted by Crippen LogP contribution is -2.32. The highest BCUT2D eigenvalue weighted by Gasteiger charge is 1.98. The molecule has 2 nitrogen and oxygen atoms in total. The van der Waals surface area contributed by atoms with Gasteiger partial charge in [0.1, 0.15) is 6.54 Å².